The van der Waals surface area contributed by atoms with Crippen LogP contribution in [-0.4, -0.2) is 58.4 Å². The highest BCUT2D eigenvalue weighted by Gasteiger charge is 2.50. The van der Waals surface area contributed by atoms with Gasteiger partial charge in [0, 0.05) is 13.2 Å². The van der Waals surface area contributed by atoms with E-state index < -0.39 is 17.8 Å². The molecular formula is C10H17N5O3. The first kappa shape index (κ1) is 12.8. The molecule has 0 radical (unpaired) electrons. The van der Waals surface area contributed by atoms with E-state index in [1.54, 1.807) is 0 Å². The van der Waals surface area contributed by atoms with E-state index in [4.69, 9.17) is 10.8 Å². The molecule has 1 amide bonds. The topological polar surface area (TPSA) is 124 Å². The lowest BCUT2D eigenvalue weighted by atomic mass is 10.1. The average molecular weight is 255 g/mol. The van der Waals surface area contributed by atoms with Gasteiger partial charge in [0.05, 0.1) is 6.34 Å². The van der Waals surface area contributed by atoms with Crippen molar-refractivity contribution < 1.29 is 15.0 Å². The van der Waals surface area contributed by atoms with Crippen molar-refractivity contribution in [2.24, 2.45) is 21.6 Å². The van der Waals surface area contributed by atoms with Gasteiger partial charge in [0.25, 0.3) is 11.8 Å². The predicted molar refractivity (Wildman–Crippen MR) is 64.6 cm³/mol. The minimum atomic E-state index is -1.83. The second kappa shape index (κ2) is 4.54. The van der Waals surface area contributed by atoms with Crippen molar-refractivity contribution in [1.29, 1.82) is 0 Å². The first-order valence-corrected chi connectivity index (χ1v) is 5.81. The summed E-state index contributed by atoms with van der Waals surface area (Å²) in [4.78, 5) is 21.0. The number of carbonyl (C=O) groups excluding carboxylic acids is 1. The number of hydrogen-bond acceptors (Lipinski definition) is 7. The molecule has 2 aliphatic rings. The van der Waals surface area contributed by atoms with Crippen molar-refractivity contribution >= 4 is 18.2 Å². The van der Waals surface area contributed by atoms with Crippen LogP contribution >= 0.6 is 0 Å². The van der Waals surface area contributed by atoms with Crippen LogP contribution < -0.4 is 11.1 Å². The largest absolute Gasteiger partial charge is 0.396 e. The highest BCUT2D eigenvalue weighted by Crippen LogP contribution is 2.25. The summed E-state index contributed by atoms with van der Waals surface area (Å²) >= 11 is 0. The number of fused-ring (bicyclic) bond motifs is 1. The zero-order chi connectivity index (χ0) is 13.3. The molecule has 2 rings (SSSR count). The maximum Gasteiger partial charge on any atom is 0.289 e. The standard InChI is InChI=1S/C10H17N5O3/c1-2-6(4-16)3-15-8(17)7-10(18,13-5-12-7)14-9(15)11/h5-7,16,18H,2-4H2,1H3,(H2,11,14)(H,12,13). The third kappa shape index (κ3) is 1.93. The number of guanidine groups is 1. The number of hydrogen-bond donors (Lipinski definition) is 4. The molecule has 2 aliphatic heterocycles. The molecule has 0 spiro atoms. The minimum absolute atomic E-state index is 0.0353. The third-order valence-electron chi connectivity index (χ3n) is 3.23. The van der Waals surface area contributed by atoms with Crippen LogP contribution in [0.25, 0.3) is 0 Å². The number of aliphatic imine (C=N–C) groups is 2. The van der Waals surface area contributed by atoms with Gasteiger partial charge in [-0.3, -0.25) is 9.69 Å². The molecule has 18 heavy (non-hydrogen) atoms. The molecule has 0 aromatic carbocycles. The lowest BCUT2D eigenvalue weighted by Crippen LogP contribution is -2.62. The van der Waals surface area contributed by atoms with Crippen LogP contribution in [0, 0.1) is 5.92 Å². The van der Waals surface area contributed by atoms with E-state index in [-0.39, 0.29) is 25.0 Å². The Kier molecular flexibility index (Phi) is 3.22. The van der Waals surface area contributed by atoms with Crippen LogP contribution in [0.1, 0.15) is 13.3 Å². The van der Waals surface area contributed by atoms with Gasteiger partial charge in [-0.05, 0) is 12.3 Å². The fraction of sp³-hybridized carbons (Fsp3) is 0.700. The van der Waals surface area contributed by atoms with Gasteiger partial charge >= 0.3 is 0 Å². The molecule has 0 saturated heterocycles. The maximum atomic E-state index is 12.2. The Morgan fingerprint density at radius 1 is 1.72 bits per heavy atom. The molecule has 2 heterocycles. The molecule has 0 saturated carbocycles. The Morgan fingerprint density at radius 2 is 2.44 bits per heavy atom. The zero-order valence-electron chi connectivity index (χ0n) is 10.1. The summed E-state index contributed by atoms with van der Waals surface area (Å²) in [5.74, 6) is -2.38. The first-order chi connectivity index (χ1) is 8.51. The van der Waals surface area contributed by atoms with Crippen molar-refractivity contribution in [3.05, 3.63) is 0 Å². The lowest BCUT2D eigenvalue weighted by molar-refractivity contribution is -0.137. The Morgan fingerprint density at radius 3 is 3.06 bits per heavy atom. The minimum Gasteiger partial charge on any atom is -0.396 e. The quantitative estimate of drug-likeness (QED) is 0.454. The molecule has 3 unspecified atom stereocenters. The fourth-order valence-electron chi connectivity index (χ4n) is 1.98. The van der Waals surface area contributed by atoms with Gasteiger partial charge in [-0.1, -0.05) is 6.92 Å². The number of aliphatic hydroxyl groups is 2. The molecule has 8 heteroatoms. The number of nitrogens with zero attached hydrogens (tertiary/aromatic N) is 3. The van der Waals surface area contributed by atoms with Gasteiger partial charge in [0.15, 0.2) is 6.04 Å². The average Bonchev–Trinajstić information content (AvgIpc) is 2.71. The van der Waals surface area contributed by atoms with Crippen molar-refractivity contribution in [3.8, 4) is 0 Å². The molecule has 0 aliphatic carbocycles. The van der Waals surface area contributed by atoms with Crippen LogP contribution in [0.15, 0.2) is 9.98 Å². The summed E-state index contributed by atoms with van der Waals surface area (Å²) in [5, 5.41) is 21.8. The second-order valence-corrected chi connectivity index (χ2v) is 4.42. The number of carbonyl (C=O) groups is 1. The zero-order valence-corrected chi connectivity index (χ0v) is 10.1. The van der Waals surface area contributed by atoms with E-state index in [9.17, 15) is 9.90 Å². The number of nitrogens with one attached hydrogen (secondary N) is 1. The second-order valence-electron chi connectivity index (χ2n) is 4.42. The molecular weight excluding hydrogens is 238 g/mol. The van der Waals surface area contributed by atoms with E-state index in [1.165, 1.54) is 11.2 Å². The highest BCUT2D eigenvalue weighted by molar-refractivity contribution is 6.03. The van der Waals surface area contributed by atoms with Crippen LogP contribution in [0.3, 0.4) is 0 Å². The van der Waals surface area contributed by atoms with E-state index >= 15 is 0 Å². The number of rotatable bonds is 4. The third-order valence-corrected chi connectivity index (χ3v) is 3.23. The van der Waals surface area contributed by atoms with Crippen molar-refractivity contribution in [2.45, 2.75) is 25.2 Å². The number of amides is 1. The summed E-state index contributed by atoms with van der Waals surface area (Å²) in [5.41, 5.74) is 5.68. The summed E-state index contributed by atoms with van der Waals surface area (Å²) in [6, 6.07) is -0.944. The van der Waals surface area contributed by atoms with Crippen LogP contribution in [0.4, 0.5) is 0 Å². The molecule has 0 bridgehead atoms. The van der Waals surface area contributed by atoms with Gasteiger partial charge in [0.1, 0.15) is 0 Å². The Bertz CT molecular complexity index is 406. The Hall–Kier alpha value is -1.67. The van der Waals surface area contributed by atoms with Crippen LogP contribution in [-0.2, 0) is 4.79 Å². The molecule has 0 aromatic heterocycles. The molecule has 8 nitrogen and oxygen atoms in total. The summed E-state index contributed by atoms with van der Waals surface area (Å²) in [6.45, 7) is 2.15. The normalized spacial score (nSPS) is 31.9. The van der Waals surface area contributed by atoms with Gasteiger partial charge in [-0.2, -0.15) is 4.99 Å². The van der Waals surface area contributed by atoms with E-state index in [2.05, 4.69) is 15.3 Å². The van der Waals surface area contributed by atoms with Crippen LogP contribution in [0.5, 0.6) is 0 Å². The van der Waals surface area contributed by atoms with Gasteiger partial charge in [0.2, 0.25) is 5.96 Å². The highest BCUT2D eigenvalue weighted by atomic mass is 16.3. The Balaban J connectivity index is 2.21. The van der Waals surface area contributed by atoms with Gasteiger partial charge < -0.3 is 21.3 Å². The maximum absolute atomic E-state index is 12.2. The van der Waals surface area contributed by atoms with Crippen molar-refractivity contribution in [2.75, 3.05) is 13.2 Å². The predicted octanol–water partition coefficient (Wildman–Crippen LogP) is -2.19. The fourth-order valence-corrected chi connectivity index (χ4v) is 1.98. The monoisotopic (exact) mass is 255 g/mol. The van der Waals surface area contributed by atoms with Crippen molar-refractivity contribution in [3.63, 3.8) is 0 Å². The Labute approximate surface area is 104 Å². The van der Waals surface area contributed by atoms with Gasteiger partial charge in [-0.15, -0.1) is 0 Å². The first-order valence-electron chi connectivity index (χ1n) is 5.81. The molecule has 3 atom stereocenters. The number of nitrogens with two attached hydrogens (primary N) is 1. The summed E-state index contributed by atoms with van der Waals surface area (Å²) in [6.07, 6.45) is 1.96. The smallest absolute Gasteiger partial charge is 0.289 e. The molecule has 0 aromatic rings. The van der Waals surface area contributed by atoms with Gasteiger partial charge in [-0.25, -0.2) is 4.99 Å². The summed E-state index contributed by atoms with van der Waals surface area (Å²) < 4.78 is 0. The lowest BCUT2D eigenvalue weighted by Gasteiger charge is -2.35. The molecule has 100 valence electrons. The molecule has 5 N–H and O–H groups in total. The van der Waals surface area contributed by atoms with Crippen LogP contribution in [0.2, 0.25) is 0 Å². The summed E-state index contributed by atoms with van der Waals surface area (Å²) in [7, 11) is 0. The van der Waals surface area contributed by atoms with E-state index in [1.807, 2.05) is 6.92 Å². The van der Waals surface area contributed by atoms with E-state index in [0.717, 1.165) is 0 Å². The molecule has 0 fully saturated rings. The van der Waals surface area contributed by atoms with E-state index in [0.29, 0.717) is 6.42 Å². The SMILES string of the molecule is CCC(CO)CN1C(=O)C2NC=NC2(O)N=C1N. The number of aliphatic hydroxyl groups excluding tert-OH is 1. The van der Waals surface area contributed by atoms with Crippen molar-refractivity contribution in [1.82, 2.24) is 10.2 Å².